The summed E-state index contributed by atoms with van der Waals surface area (Å²) in [6.07, 6.45) is 15.1. The Bertz CT molecular complexity index is 3870. The van der Waals surface area contributed by atoms with Gasteiger partial charge in [-0.3, -0.25) is 47.9 Å². The maximum absolute atomic E-state index is 15.4. The first-order valence-corrected chi connectivity index (χ1v) is 53.3. The lowest BCUT2D eigenvalue weighted by Gasteiger charge is -2.50. The van der Waals surface area contributed by atoms with Crippen LogP contribution in [0.3, 0.4) is 0 Å². The number of nitrogens with one attached hydrogen (secondary N) is 1. The summed E-state index contributed by atoms with van der Waals surface area (Å²) in [5, 5.41) is 3.39. The Morgan fingerprint density at radius 1 is 0.336 bits per heavy atom. The molecule has 0 aliphatic carbocycles. The fourth-order valence-corrected chi connectivity index (χ4v) is 16.7. The number of rotatable bonds is 65. The van der Waals surface area contributed by atoms with Gasteiger partial charge in [0.25, 0.3) is 0 Å². The van der Waals surface area contributed by atoms with Crippen molar-refractivity contribution in [3.63, 3.8) is 0 Å². The summed E-state index contributed by atoms with van der Waals surface area (Å²) in [5.41, 5.74) is -6.05. The maximum atomic E-state index is 15.4. The number of benzene rings is 2. The summed E-state index contributed by atoms with van der Waals surface area (Å²) < 4.78 is 113. The van der Waals surface area contributed by atoms with E-state index < -0.39 is 223 Å². The van der Waals surface area contributed by atoms with Crippen LogP contribution in [0, 0.1) is 32.5 Å². The smallest absolute Gasteiger partial charge is 0.311 e. The van der Waals surface area contributed by atoms with Gasteiger partial charge < -0.3 is 85.8 Å². The van der Waals surface area contributed by atoms with Crippen molar-refractivity contribution in [2.75, 3.05) is 26.4 Å². The Morgan fingerprint density at radius 2 is 0.679 bits per heavy atom. The first kappa shape index (κ1) is 123. The summed E-state index contributed by atoms with van der Waals surface area (Å²) in [6.45, 7) is 34.3. The molecule has 1 amide bonds. The van der Waals surface area contributed by atoms with Crippen LogP contribution in [0.4, 0.5) is 0 Å². The highest BCUT2D eigenvalue weighted by atomic mass is 16.8. The zero-order valence-corrected chi connectivity index (χ0v) is 90.2. The van der Waals surface area contributed by atoms with Crippen molar-refractivity contribution >= 4 is 59.6 Å². The Morgan fingerprint density at radius 3 is 1.07 bits per heavy atom. The van der Waals surface area contributed by atoms with Crippen molar-refractivity contribution in [1.29, 1.82) is 0 Å². The Labute approximate surface area is 840 Å². The fraction of sp³-hybridized carbons (Fsp3) is 0.804. The summed E-state index contributed by atoms with van der Waals surface area (Å²) in [6, 6.07) is 18.4. The maximum Gasteiger partial charge on any atom is 0.311 e. The molecular weight excluding hydrogens is 1790 g/mol. The van der Waals surface area contributed by atoms with Crippen molar-refractivity contribution in [2.45, 2.75) is 521 Å². The zero-order chi connectivity index (χ0) is 104. The number of carbonyl (C=O) groups is 10. The highest BCUT2D eigenvalue weighted by molar-refractivity contribution is 5.79. The van der Waals surface area contributed by atoms with E-state index >= 15 is 19.2 Å². The minimum absolute atomic E-state index is 0.0638. The number of ether oxygens (including phenoxy) is 17. The van der Waals surface area contributed by atoms with E-state index in [0.29, 0.717) is 12.8 Å². The number of esters is 9. The molecule has 3 saturated heterocycles. The van der Waals surface area contributed by atoms with Gasteiger partial charge in [0.2, 0.25) is 5.91 Å². The van der Waals surface area contributed by atoms with Crippen molar-refractivity contribution < 1.29 is 128 Å². The summed E-state index contributed by atoms with van der Waals surface area (Å²) >= 11 is 0. The van der Waals surface area contributed by atoms with Crippen LogP contribution in [0.1, 0.15) is 414 Å². The van der Waals surface area contributed by atoms with E-state index in [4.69, 9.17) is 80.5 Å². The molecule has 3 aliphatic rings. The molecule has 17 atom stereocenters. The number of amides is 1. The Kier molecular flexibility index (Phi) is 56.3. The first-order chi connectivity index (χ1) is 66.1. The Hall–Kier alpha value is -7.18. The molecule has 3 heterocycles. The third kappa shape index (κ3) is 48.2. The van der Waals surface area contributed by atoms with Gasteiger partial charge in [0.15, 0.2) is 49.4 Å². The average Bonchev–Trinajstić information content (AvgIpc) is 0.753. The van der Waals surface area contributed by atoms with Gasteiger partial charge in [0.1, 0.15) is 62.5 Å². The van der Waals surface area contributed by atoms with E-state index in [1.54, 1.807) is 125 Å². The molecule has 5 rings (SSSR count). The fourth-order valence-electron chi connectivity index (χ4n) is 16.7. The summed E-state index contributed by atoms with van der Waals surface area (Å²) in [7, 11) is 0. The molecule has 0 radical (unpaired) electrons. The highest BCUT2D eigenvalue weighted by Crippen LogP contribution is 2.42. The van der Waals surface area contributed by atoms with E-state index in [2.05, 4.69) is 19.2 Å². The van der Waals surface area contributed by atoms with Crippen molar-refractivity contribution in [3.05, 3.63) is 71.8 Å². The molecule has 3 fully saturated rings. The van der Waals surface area contributed by atoms with Gasteiger partial charge in [0.05, 0.1) is 64.5 Å². The van der Waals surface area contributed by atoms with Gasteiger partial charge in [-0.1, -0.05) is 293 Å². The molecule has 0 saturated carbocycles. The predicted octanol–water partition coefficient (Wildman–Crippen LogP) is 22.9. The second-order valence-corrected chi connectivity index (χ2v) is 45.1. The molecule has 0 aromatic heterocycles. The van der Waals surface area contributed by atoms with E-state index in [-0.39, 0.29) is 25.5 Å². The van der Waals surface area contributed by atoms with Crippen LogP contribution in [-0.2, 0) is 142 Å². The minimum atomic E-state index is -2.13. The second kappa shape index (κ2) is 64.0. The van der Waals surface area contributed by atoms with Crippen LogP contribution in [-0.4, -0.2) is 190 Å². The van der Waals surface area contributed by atoms with E-state index in [0.717, 1.165) is 96.1 Å². The predicted molar refractivity (Wildman–Crippen MR) is 536 cm³/mol. The first-order valence-electron chi connectivity index (χ1n) is 53.3. The van der Waals surface area contributed by atoms with Crippen molar-refractivity contribution in [1.82, 2.24) is 5.32 Å². The van der Waals surface area contributed by atoms with E-state index in [1.807, 2.05) is 60.7 Å². The highest BCUT2D eigenvalue weighted by Gasteiger charge is 2.61. The Balaban J connectivity index is 1.72. The quantitative estimate of drug-likeness (QED) is 0.0365. The SMILES string of the molecule is CCCCCCCCCCCCCCCCCCCCCCCCCC(=O)N[C@@H](CO[C@H]1O[C@H](COC(=O)C(C)(C)C)[C@@H](O[C@@H]2O[C@H](COC(=O)C(C)(C)C)[C@H](OC(=O)C(C)(C)C)[C@H](O[C@@H]3C[C@@H](OC(C)=O)[C@@H](OC(C)=O)[C@@H](COC(C)=O)O3)[C@H]2OC(=O)C(C)(C)C)[C@H](OC(=O)C(C)(C)C)[C@H]1OC(=O)C(C)(C)C)[C@H](OCc1ccccc1)[C@@H](CCCCCCCCCCCCCC)OCc1ccccc1. The third-order valence-electron chi connectivity index (χ3n) is 25.2. The van der Waals surface area contributed by atoms with Crippen LogP contribution < -0.4 is 5.32 Å². The molecule has 800 valence electrons. The van der Waals surface area contributed by atoms with Gasteiger partial charge in [-0.05, 0) is 149 Å². The van der Waals surface area contributed by atoms with Crippen LogP contribution >= 0.6 is 0 Å². The lowest BCUT2D eigenvalue weighted by atomic mass is 9.92. The standard InChI is InChI=1S/C112H185NO27/c1-24-26-28-30-32-34-36-38-39-40-41-42-43-44-45-46-47-48-50-52-54-56-64-70-89(117)113-83(91(126-73-82-67-61-58-62-68-82)84(125-72-81-65-59-57-60-66-81)69-63-55-53-51-49-37-35-33-31-29-27-25-2)74-127-99-97(139-105(122)111(18,19)20)96(138-104(121)110(15,16)17)93(87(133-99)76-128-101(118)107(6,7)8)136-100-98(140-106(123)112(21,22)23)95(94(137-103(120)109(12,13)14)88(134-100)77-129-102(119)108(9,10)11)135-90-71-85(130-79(4)115)92(131-80(5)116)86(132-90)75-124-78(3)114/h57-62,65-68,83-88,90-100H,24-56,63-64,69-77H2,1-23H3,(H,113,117)/t83-,84+,85+,86+,87+,88+,90+,91-,92+,93+,94-,95-,96-,97+,98+,99-,100-/m0/s1. The molecule has 2 aromatic rings. The van der Waals surface area contributed by atoms with Crippen LogP contribution in [0.2, 0.25) is 0 Å². The number of hydrogen-bond donors (Lipinski definition) is 1. The molecule has 0 spiro atoms. The number of unbranched alkanes of at least 4 members (excludes halogenated alkanes) is 33. The summed E-state index contributed by atoms with van der Waals surface area (Å²) in [5.74, 6) is -7.81. The monoisotopic (exact) mass is 1980 g/mol. The zero-order valence-electron chi connectivity index (χ0n) is 90.2. The van der Waals surface area contributed by atoms with Crippen molar-refractivity contribution in [3.8, 4) is 0 Å². The lowest BCUT2D eigenvalue weighted by molar-refractivity contribution is -0.376. The third-order valence-corrected chi connectivity index (χ3v) is 25.2. The van der Waals surface area contributed by atoms with Gasteiger partial charge in [-0.15, -0.1) is 0 Å². The lowest BCUT2D eigenvalue weighted by Crippen LogP contribution is -2.68. The van der Waals surface area contributed by atoms with E-state index in [9.17, 15) is 28.8 Å². The van der Waals surface area contributed by atoms with Crippen molar-refractivity contribution in [2.24, 2.45) is 32.5 Å². The van der Waals surface area contributed by atoms with Gasteiger partial charge >= 0.3 is 53.7 Å². The number of hydrogen-bond acceptors (Lipinski definition) is 27. The minimum Gasteiger partial charge on any atom is -0.463 e. The van der Waals surface area contributed by atoms with Crippen LogP contribution in [0.5, 0.6) is 0 Å². The second-order valence-electron chi connectivity index (χ2n) is 45.1. The molecule has 28 heteroatoms. The van der Waals surface area contributed by atoms with Gasteiger partial charge in [-0.25, -0.2) is 0 Å². The number of carbonyl (C=O) groups excluding carboxylic acids is 10. The molecule has 3 aliphatic heterocycles. The molecule has 0 bridgehead atoms. The normalized spacial score (nSPS) is 22.1. The van der Waals surface area contributed by atoms with Gasteiger partial charge in [0, 0.05) is 33.6 Å². The average molecular weight is 1980 g/mol. The molecule has 1 N–H and O–H groups in total. The van der Waals surface area contributed by atoms with E-state index in [1.165, 1.54) is 154 Å². The van der Waals surface area contributed by atoms with Gasteiger partial charge in [-0.2, -0.15) is 0 Å². The molecule has 140 heavy (non-hydrogen) atoms. The molecular formula is C112H185NO27. The molecule has 0 unspecified atom stereocenters. The van der Waals surface area contributed by atoms with Crippen LogP contribution in [0.25, 0.3) is 0 Å². The largest absolute Gasteiger partial charge is 0.463 e. The molecule has 2 aromatic carbocycles. The topological polar surface area (TPSA) is 340 Å². The van der Waals surface area contributed by atoms with Crippen LogP contribution in [0.15, 0.2) is 60.7 Å². The molecule has 28 nitrogen and oxygen atoms in total. The summed E-state index contributed by atoms with van der Waals surface area (Å²) in [4.78, 5) is 144.